The SMILES string of the molecule is O=C(NN=Cc1c(O)[nH]c(=S)[nH]c1=O)c1ccccc1[N+](=O)[O-]. The third-order valence-corrected chi connectivity index (χ3v) is 2.87. The van der Waals surface area contributed by atoms with Crippen LogP contribution in [-0.4, -0.2) is 32.1 Å². The number of nitrogens with zero attached hydrogens (tertiary/aromatic N) is 2. The molecule has 11 heteroatoms. The minimum atomic E-state index is -0.840. The first kappa shape index (κ1) is 16.0. The lowest BCUT2D eigenvalue weighted by molar-refractivity contribution is -0.385. The number of H-pyrrole nitrogens is 2. The average molecular weight is 335 g/mol. The second-order valence-electron chi connectivity index (χ2n) is 4.14. The highest BCUT2D eigenvalue weighted by atomic mass is 32.1. The molecule has 10 nitrogen and oxygen atoms in total. The number of aromatic hydroxyl groups is 1. The van der Waals surface area contributed by atoms with Crippen LogP contribution < -0.4 is 11.0 Å². The predicted octanol–water partition coefficient (Wildman–Crippen LogP) is 0.810. The van der Waals surface area contributed by atoms with Crippen molar-refractivity contribution in [1.82, 2.24) is 15.4 Å². The summed E-state index contributed by atoms with van der Waals surface area (Å²) in [6, 6.07) is 5.31. The Balaban J connectivity index is 2.22. The fraction of sp³-hybridized carbons (Fsp3) is 0. The first-order chi connectivity index (χ1) is 10.9. The normalized spacial score (nSPS) is 10.6. The number of hydrogen-bond donors (Lipinski definition) is 4. The van der Waals surface area contributed by atoms with Crippen LogP contribution in [-0.2, 0) is 0 Å². The van der Waals surface area contributed by atoms with Crippen LogP contribution in [0.4, 0.5) is 5.69 Å². The summed E-state index contributed by atoms with van der Waals surface area (Å²) >= 11 is 4.65. The summed E-state index contributed by atoms with van der Waals surface area (Å²) < 4.78 is -0.0754. The Bertz CT molecular complexity index is 917. The number of rotatable bonds is 4. The van der Waals surface area contributed by atoms with Crippen molar-refractivity contribution in [3.63, 3.8) is 0 Å². The summed E-state index contributed by atoms with van der Waals surface area (Å²) in [6.45, 7) is 0. The van der Waals surface area contributed by atoms with E-state index in [4.69, 9.17) is 0 Å². The molecule has 0 fully saturated rings. The fourth-order valence-corrected chi connectivity index (χ4v) is 1.83. The molecule has 1 aromatic carbocycles. The van der Waals surface area contributed by atoms with Crippen molar-refractivity contribution in [3.05, 3.63) is 60.6 Å². The molecule has 0 aliphatic carbocycles. The van der Waals surface area contributed by atoms with E-state index in [1.807, 2.05) is 5.43 Å². The van der Waals surface area contributed by atoms with Gasteiger partial charge in [-0.25, -0.2) is 5.43 Å². The molecule has 0 radical (unpaired) electrons. The molecule has 1 heterocycles. The molecule has 0 aliphatic heterocycles. The number of hydrogen-bond acceptors (Lipinski definition) is 7. The van der Waals surface area contributed by atoms with Gasteiger partial charge in [-0.3, -0.25) is 24.7 Å². The van der Waals surface area contributed by atoms with E-state index in [-0.39, 0.29) is 21.6 Å². The van der Waals surface area contributed by atoms with Crippen molar-refractivity contribution < 1.29 is 14.8 Å². The molecule has 0 atom stereocenters. The van der Waals surface area contributed by atoms with Crippen molar-refractivity contribution in [2.75, 3.05) is 0 Å². The maximum atomic E-state index is 11.9. The molecule has 1 aromatic heterocycles. The number of amides is 1. The zero-order valence-corrected chi connectivity index (χ0v) is 12.1. The van der Waals surface area contributed by atoms with E-state index < -0.39 is 22.3 Å². The van der Waals surface area contributed by atoms with Gasteiger partial charge in [-0.05, 0) is 18.3 Å². The Kier molecular flexibility index (Phi) is 4.61. The number of carbonyl (C=O) groups excluding carboxylic acids is 1. The summed E-state index contributed by atoms with van der Waals surface area (Å²) in [5, 5.41) is 23.9. The van der Waals surface area contributed by atoms with E-state index in [9.17, 15) is 24.8 Å². The Hall–Kier alpha value is -3.34. The second-order valence-corrected chi connectivity index (χ2v) is 4.55. The van der Waals surface area contributed by atoms with Crippen molar-refractivity contribution in [2.45, 2.75) is 0 Å². The van der Waals surface area contributed by atoms with Crippen LogP contribution >= 0.6 is 12.2 Å². The van der Waals surface area contributed by atoms with Crippen LogP contribution in [0.1, 0.15) is 15.9 Å². The Morgan fingerprint density at radius 3 is 2.74 bits per heavy atom. The van der Waals surface area contributed by atoms with Gasteiger partial charge >= 0.3 is 0 Å². The largest absolute Gasteiger partial charge is 0.494 e. The average Bonchev–Trinajstić information content (AvgIpc) is 2.49. The van der Waals surface area contributed by atoms with Gasteiger partial charge in [0.1, 0.15) is 11.1 Å². The molecule has 0 saturated carbocycles. The summed E-state index contributed by atoms with van der Waals surface area (Å²) in [7, 11) is 0. The van der Waals surface area contributed by atoms with Crippen molar-refractivity contribution in [3.8, 4) is 5.88 Å². The second kappa shape index (κ2) is 6.62. The number of aromatic nitrogens is 2. The molecule has 23 heavy (non-hydrogen) atoms. The van der Waals surface area contributed by atoms with E-state index in [0.717, 1.165) is 6.21 Å². The third kappa shape index (κ3) is 3.65. The van der Waals surface area contributed by atoms with Gasteiger partial charge in [0.15, 0.2) is 4.77 Å². The smallest absolute Gasteiger partial charge is 0.282 e. The van der Waals surface area contributed by atoms with Crippen LogP contribution in [0.2, 0.25) is 0 Å². The minimum absolute atomic E-state index is 0.0754. The molecule has 0 spiro atoms. The lowest BCUT2D eigenvalue weighted by atomic mass is 10.2. The molecule has 0 saturated heterocycles. The van der Waals surface area contributed by atoms with Gasteiger partial charge in [0.25, 0.3) is 17.2 Å². The van der Waals surface area contributed by atoms with Gasteiger partial charge in [-0.1, -0.05) is 12.1 Å². The Labute approximate surface area is 132 Å². The van der Waals surface area contributed by atoms with Gasteiger partial charge in [0.2, 0.25) is 5.88 Å². The number of nitro benzene ring substituents is 1. The number of nitrogens with one attached hydrogen (secondary N) is 3. The molecular formula is C12H9N5O5S. The van der Waals surface area contributed by atoms with E-state index in [2.05, 4.69) is 27.3 Å². The third-order valence-electron chi connectivity index (χ3n) is 2.66. The predicted molar refractivity (Wildman–Crippen MR) is 82.1 cm³/mol. The van der Waals surface area contributed by atoms with Crippen LogP contribution in [0.15, 0.2) is 34.2 Å². The first-order valence-corrected chi connectivity index (χ1v) is 6.43. The Morgan fingerprint density at radius 1 is 1.39 bits per heavy atom. The maximum absolute atomic E-state index is 11.9. The van der Waals surface area contributed by atoms with Gasteiger partial charge in [0.05, 0.1) is 11.1 Å². The highest BCUT2D eigenvalue weighted by Crippen LogP contribution is 2.17. The summed E-state index contributed by atoms with van der Waals surface area (Å²) in [5.74, 6) is -1.37. The number of carbonyl (C=O) groups is 1. The van der Waals surface area contributed by atoms with Gasteiger partial charge in [-0.15, -0.1) is 0 Å². The first-order valence-electron chi connectivity index (χ1n) is 6.02. The van der Waals surface area contributed by atoms with Crippen LogP contribution in [0.25, 0.3) is 0 Å². The van der Waals surface area contributed by atoms with E-state index >= 15 is 0 Å². The number of aromatic amines is 2. The highest BCUT2D eigenvalue weighted by Gasteiger charge is 2.18. The minimum Gasteiger partial charge on any atom is -0.494 e. The number of nitro groups is 1. The monoisotopic (exact) mass is 335 g/mol. The zero-order valence-electron chi connectivity index (χ0n) is 11.3. The number of benzene rings is 1. The highest BCUT2D eigenvalue weighted by molar-refractivity contribution is 7.71. The quantitative estimate of drug-likeness (QED) is 0.280. The van der Waals surface area contributed by atoms with E-state index in [1.54, 1.807) is 0 Å². The molecule has 4 N–H and O–H groups in total. The van der Waals surface area contributed by atoms with E-state index in [1.165, 1.54) is 24.3 Å². The zero-order chi connectivity index (χ0) is 17.0. The summed E-state index contributed by atoms with van der Waals surface area (Å²) in [4.78, 5) is 38.1. The summed E-state index contributed by atoms with van der Waals surface area (Å²) in [6.07, 6.45) is 0.881. The van der Waals surface area contributed by atoms with Gasteiger partial charge in [0, 0.05) is 6.07 Å². The number of para-hydroxylation sites is 1. The van der Waals surface area contributed by atoms with Crippen LogP contribution in [0.5, 0.6) is 5.88 Å². The van der Waals surface area contributed by atoms with E-state index in [0.29, 0.717) is 0 Å². The lowest BCUT2D eigenvalue weighted by Crippen LogP contribution is -2.20. The fourth-order valence-electron chi connectivity index (χ4n) is 1.64. The Morgan fingerprint density at radius 2 is 2.09 bits per heavy atom. The van der Waals surface area contributed by atoms with Gasteiger partial charge in [-0.2, -0.15) is 5.10 Å². The molecule has 2 aromatic rings. The lowest BCUT2D eigenvalue weighted by Gasteiger charge is -2.01. The molecule has 2 rings (SSSR count). The van der Waals surface area contributed by atoms with Crippen LogP contribution in [0.3, 0.4) is 0 Å². The molecule has 1 amide bonds. The topological polar surface area (TPSA) is 153 Å². The van der Waals surface area contributed by atoms with Crippen molar-refractivity contribution >= 4 is 30.0 Å². The number of hydrazone groups is 1. The molecule has 0 bridgehead atoms. The molecule has 118 valence electrons. The van der Waals surface area contributed by atoms with Gasteiger partial charge < -0.3 is 10.1 Å². The molecule has 0 aliphatic rings. The van der Waals surface area contributed by atoms with Crippen molar-refractivity contribution in [1.29, 1.82) is 0 Å². The summed E-state index contributed by atoms with van der Waals surface area (Å²) in [5.41, 5.74) is 0.480. The molecule has 0 unspecified atom stereocenters. The maximum Gasteiger partial charge on any atom is 0.282 e. The molecular weight excluding hydrogens is 326 g/mol. The standard InChI is InChI=1S/C12H9N5O5S/c18-9-7(10(19)15-12(23)14-9)5-13-16-11(20)6-3-1-2-4-8(6)17(21)22/h1-5H,(H,16,20)(H3,14,15,18,19,23). The van der Waals surface area contributed by atoms with Crippen molar-refractivity contribution in [2.24, 2.45) is 5.10 Å². The van der Waals surface area contributed by atoms with Crippen LogP contribution in [0, 0.1) is 14.9 Å².